The van der Waals surface area contributed by atoms with Gasteiger partial charge in [-0.05, 0) is 54.8 Å². The third-order valence-corrected chi connectivity index (χ3v) is 5.96. The molecule has 6 nitrogen and oxygen atoms in total. The SMILES string of the molecule is CCOC(=O)N1CCc2c([nH]c3ccc(Br)cc23)C1c1ccc(C(=O)N(C)C)cc1. The van der Waals surface area contributed by atoms with E-state index in [4.69, 9.17) is 4.74 Å². The first kappa shape index (κ1) is 20.5. The molecule has 1 aromatic heterocycles. The van der Waals surface area contributed by atoms with Crippen LogP contribution in [-0.2, 0) is 11.2 Å². The zero-order valence-corrected chi connectivity index (χ0v) is 18.8. The van der Waals surface area contributed by atoms with E-state index in [1.807, 2.05) is 43.3 Å². The Balaban J connectivity index is 1.82. The van der Waals surface area contributed by atoms with Gasteiger partial charge in [0.1, 0.15) is 6.04 Å². The number of H-pyrrole nitrogens is 1. The average molecular weight is 470 g/mol. The summed E-state index contributed by atoms with van der Waals surface area (Å²) in [4.78, 5) is 31.9. The number of nitrogens with one attached hydrogen (secondary N) is 1. The van der Waals surface area contributed by atoms with Crippen LogP contribution in [0.5, 0.6) is 0 Å². The van der Waals surface area contributed by atoms with Crippen LogP contribution in [0.3, 0.4) is 0 Å². The molecule has 0 saturated heterocycles. The number of carbonyl (C=O) groups is 2. The summed E-state index contributed by atoms with van der Waals surface area (Å²) in [5, 5.41) is 1.16. The molecule has 2 heterocycles. The molecule has 0 bridgehead atoms. The highest BCUT2D eigenvalue weighted by Gasteiger charge is 2.35. The molecule has 1 aliphatic heterocycles. The molecular weight excluding hydrogens is 446 g/mol. The van der Waals surface area contributed by atoms with Crippen LogP contribution in [0.15, 0.2) is 46.9 Å². The molecule has 1 atom stereocenters. The summed E-state index contributed by atoms with van der Waals surface area (Å²) in [5.74, 6) is -0.0522. The van der Waals surface area contributed by atoms with E-state index in [1.54, 1.807) is 23.9 Å². The fraction of sp³-hybridized carbons (Fsp3) is 0.304. The molecule has 0 aliphatic carbocycles. The second-order valence-electron chi connectivity index (χ2n) is 7.57. The third kappa shape index (κ3) is 3.58. The normalized spacial score (nSPS) is 15.7. The molecule has 0 radical (unpaired) electrons. The molecule has 3 aromatic rings. The maximum absolute atomic E-state index is 12.7. The molecule has 4 rings (SSSR count). The summed E-state index contributed by atoms with van der Waals surface area (Å²) in [6, 6.07) is 13.3. The van der Waals surface area contributed by atoms with Gasteiger partial charge in [-0.2, -0.15) is 0 Å². The summed E-state index contributed by atoms with van der Waals surface area (Å²) in [6.07, 6.45) is 0.416. The Morgan fingerprint density at radius 3 is 2.60 bits per heavy atom. The van der Waals surface area contributed by atoms with Crippen LogP contribution < -0.4 is 0 Å². The topological polar surface area (TPSA) is 65.6 Å². The van der Waals surface area contributed by atoms with E-state index in [-0.39, 0.29) is 18.0 Å². The second-order valence-corrected chi connectivity index (χ2v) is 8.49. The predicted molar refractivity (Wildman–Crippen MR) is 120 cm³/mol. The van der Waals surface area contributed by atoms with Crippen molar-refractivity contribution in [2.24, 2.45) is 0 Å². The molecule has 30 heavy (non-hydrogen) atoms. The van der Waals surface area contributed by atoms with Crippen molar-refractivity contribution in [2.45, 2.75) is 19.4 Å². The van der Waals surface area contributed by atoms with Crippen LogP contribution in [0.4, 0.5) is 4.79 Å². The third-order valence-electron chi connectivity index (χ3n) is 5.47. The van der Waals surface area contributed by atoms with Gasteiger partial charge in [0.2, 0.25) is 0 Å². The number of nitrogens with zero attached hydrogens (tertiary/aromatic N) is 2. The average Bonchev–Trinajstić information content (AvgIpc) is 3.10. The van der Waals surface area contributed by atoms with Crippen LogP contribution in [0.2, 0.25) is 0 Å². The van der Waals surface area contributed by atoms with Crippen LogP contribution in [0, 0.1) is 0 Å². The van der Waals surface area contributed by atoms with Crippen molar-refractivity contribution in [1.29, 1.82) is 0 Å². The van der Waals surface area contributed by atoms with Gasteiger partial charge in [-0.3, -0.25) is 9.69 Å². The fourth-order valence-electron chi connectivity index (χ4n) is 4.08. The minimum atomic E-state index is -0.332. The first-order valence-electron chi connectivity index (χ1n) is 9.95. The van der Waals surface area contributed by atoms with E-state index in [2.05, 4.69) is 27.0 Å². The molecule has 0 saturated carbocycles. The number of carbonyl (C=O) groups excluding carboxylic acids is 2. The standard InChI is InChI=1S/C23H24BrN3O3/c1-4-30-23(29)27-12-11-17-18-13-16(24)9-10-19(18)25-20(17)21(27)14-5-7-15(8-6-14)22(28)26(2)3/h5-10,13,21,25H,4,11-12H2,1-3H3. The van der Waals surface area contributed by atoms with E-state index in [1.165, 1.54) is 5.56 Å². The Morgan fingerprint density at radius 2 is 1.93 bits per heavy atom. The van der Waals surface area contributed by atoms with E-state index in [0.717, 1.165) is 33.1 Å². The molecule has 7 heteroatoms. The molecule has 1 unspecified atom stereocenters. The van der Waals surface area contributed by atoms with Gasteiger partial charge in [0.25, 0.3) is 5.91 Å². The molecular formula is C23H24BrN3O3. The highest BCUT2D eigenvalue weighted by Crippen LogP contribution is 2.39. The number of hydrogen-bond donors (Lipinski definition) is 1. The van der Waals surface area contributed by atoms with Gasteiger partial charge in [-0.1, -0.05) is 28.1 Å². The summed E-state index contributed by atoms with van der Waals surface area (Å²) < 4.78 is 6.36. The molecule has 0 spiro atoms. The molecule has 1 N–H and O–H groups in total. The van der Waals surface area contributed by atoms with Crippen molar-refractivity contribution >= 4 is 38.8 Å². The minimum absolute atomic E-state index is 0.0522. The largest absolute Gasteiger partial charge is 0.450 e. The number of rotatable bonds is 3. The molecule has 0 fully saturated rings. The zero-order chi connectivity index (χ0) is 21.4. The van der Waals surface area contributed by atoms with Crippen molar-refractivity contribution in [2.75, 3.05) is 27.2 Å². The van der Waals surface area contributed by atoms with Gasteiger partial charge in [0, 0.05) is 47.3 Å². The van der Waals surface area contributed by atoms with Crippen molar-refractivity contribution in [3.8, 4) is 0 Å². The van der Waals surface area contributed by atoms with Crippen LogP contribution in [0.1, 0.15) is 40.1 Å². The lowest BCUT2D eigenvalue weighted by Gasteiger charge is -2.35. The monoisotopic (exact) mass is 469 g/mol. The van der Waals surface area contributed by atoms with E-state index in [0.29, 0.717) is 18.7 Å². The van der Waals surface area contributed by atoms with Gasteiger partial charge in [0.15, 0.2) is 0 Å². The number of benzene rings is 2. The first-order chi connectivity index (χ1) is 14.4. The van der Waals surface area contributed by atoms with Crippen LogP contribution in [0.25, 0.3) is 10.9 Å². The van der Waals surface area contributed by atoms with E-state index in [9.17, 15) is 9.59 Å². The number of hydrogen-bond acceptors (Lipinski definition) is 3. The lowest BCUT2D eigenvalue weighted by Crippen LogP contribution is -2.41. The maximum Gasteiger partial charge on any atom is 0.410 e. The molecule has 2 amide bonds. The first-order valence-corrected chi connectivity index (χ1v) is 10.7. The smallest absolute Gasteiger partial charge is 0.410 e. The Morgan fingerprint density at radius 1 is 1.20 bits per heavy atom. The van der Waals surface area contributed by atoms with Crippen molar-refractivity contribution in [1.82, 2.24) is 14.8 Å². The number of ether oxygens (including phenoxy) is 1. The number of fused-ring (bicyclic) bond motifs is 3. The predicted octanol–water partition coefficient (Wildman–Crippen LogP) is 4.74. The lowest BCUT2D eigenvalue weighted by atomic mass is 9.92. The van der Waals surface area contributed by atoms with E-state index < -0.39 is 0 Å². The Kier molecular flexibility index (Phi) is 5.56. The van der Waals surface area contributed by atoms with Crippen molar-refractivity contribution in [3.63, 3.8) is 0 Å². The van der Waals surface area contributed by atoms with Gasteiger partial charge in [0.05, 0.1) is 6.61 Å². The number of aromatic nitrogens is 1. The Hall–Kier alpha value is -2.80. The van der Waals surface area contributed by atoms with Gasteiger partial charge >= 0.3 is 6.09 Å². The minimum Gasteiger partial charge on any atom is -0.450 e. The lowest BCUT2D eigenvalue weighted by molar-refractivity contribution is 0.0826. The second kappa shape index (κ2) is 8.14. The summed E-state index contributed by atoms with van der Waals surface area (Å²) in [7, 11) is 3.46. The van der Waals surface area contributed by atoms with E-state index >= 15 is 0 Å². The maximum atomic E-state index is 12.7. The highest BCUT2D eigenvalue weighted by molar-refractivity contribution is 9.10. The zero-order valence-electron chi connectivity index (χ0n) is 17.2. The summed E-state index contributed by atoms with van der Waals surface area (Å²) in [5.41, 5.74) is 4.80. The number of halogens is 1. The summed E-state index contributed by atoms with van der Waals surface area (Å²) in [6.45, 7) is 2.70. The Bertz CT molecular complexity index is 1100. The Labute approximate surface area is 183 Å². The van der Waals surface area contributed by atoms with Crippen LogP contribution >= 0.6 is 15.9 Å². The van der Waals surface area contributed by atoms with Gasteiger partial charge in [-0.15, -0.1) is 0 Å². The van der Waals surface area contributed by atoms with Crippen LogP contribution in [-0.4, -0.2) is 54.0 Å². The quantitative estimate of drug-likeness (QED) is 0.602. The number of amides is 2. The van der Waals surface area contributed by atoms with Crippen molar-refractivity contribution in [3.05, 3.63) is 69.3 Å². The molecule has 1 aliphatic rings. The highest BCUT2D eigenvalue weighted by atomic mass is 79.9. The van der Waals surface area contributed by atoms with Gasteiger partial charge < -0.3 is 14.6 Å². The molecule has 2 aromatic carbocycles. The number of aromatic amines is 1. The fourth-order valence-corrected chi connectivity index (χ4v) is 4.44. The molecule has 156 valence electrons. The summed E-state index contributed by atoms with van der Waals surface area (Å²) >= 11 is 3.56. The van der Waals surface area contributed by atoms with Crippen molar-refractivity contribution < 1.29 is 14.3 Å². The van der Waals surface area contributed by atoms with Gasteiger partial charge in [-0.25, -0.2) is 4.79 Å².